The van der Waals surface area contributed by atoms with Crippen molar-refractivity contribution in [2.24, 2.45) is 5.73 Å². The van der Waals surface area contributed by atoms with Gasteiger partial charge in [-0.05, 0) is 12.8 Å². The summed E-state index contributed by atoms with van der Waals surface area (Å²) in [4.78, 5) is 53.1. The van der Waals surface area contributed by atoms with Crippen molar-refractivity contribution in [3.63, 3.8) is 0 Å². The van der Waals surface area contributed by atoms with Crippen LogP contribution in [0.5, 0.6) is 0 Å². The van der Waals surface area contributed by atoms with Gasteiger partial charge >= 0.3 is 25.8 Å². The van der Waals surface area contributed by atoms with Gasteiger partial charge in [0.2, 0.25) is 0 Å². The molecular weight excluding hydrogens is 939 g/mol. The molecule has 11 N–H and O–H groups in total. The first kappa shape index (κ1) is 64.0. The zero-order chi connectivity index (χ0) is 51.7. The summed E-state index contributed by atoms with van der Waals surface area (Å²) in [5.41, 5.74) is 5.20. The molecule has 1 unspecified atom stereocenters. The van der Waals surface area contributed by atoms with Gasteiger partial charge in [0.15, 0.2) is 18.5 Å². The summed E-state index contributed by atoms with van der Waals surface area (Å²) in [5.74, 6) is -1.22. The molecule has 0 spiro atoms. The van der Waals surface area contributed by atoms with E-state index in [4.69, 9.17) is 34.1 Å². The number of phosphoric acid groups is 1. The number of esters is 2. The number of amides is 2. The van der Waals surface area contributed by atoms with Crippen molar-refractivity contribution in [3.8, 4) is 0 Å². The predicted octanol–water partition coefficient (Wildman–Crippen LogP) is 5.16. The Morgan fingerprint density at radius 2 is 1.01 bits per heavy atom. The van der Waals surface area contributed by atoms with Crippen LogP contribution in [0.25, 0.3) is 0 Å². The molecule has 0 aromatic heterocycles. The Kier molecular flexibility index (Phi) is 34.4. The fourth-order valence-corrected chi connectivity index (χ4v) is 9.22. The minimum Gasteiger partial charge on any atom is -0.462 e. The number of primary amides is 1. The number of hydrogen-bond acceptors (Lipinski definition) is 18. The van der Waals surface area contributed by atoms with E-state index in [0.29, 0.717) is 12.8 Å². The molecule has 1 aliphatic heterocycles. The van der Waals surface area contributed by atoms with E-state index in [1.165, 1.54) is 103 Å². The number of unbranched alkanes of at least 4 members (excludes halogenated alkanes) is 24. The Bertz CT molecular complexity index is 1440. The second kappa shape index (κ2) is 37.6. The van der Waals surface area contributed by atoms with Crippen molar-refractivity contribution in [3.05, 3.63) is 0 Å². The molecule has 22 heteroatoms. The summed E-state index contributed by atoms with van der Waals surface area (Å²) < 4.78 is 44.9. The molecule has 412 valence electrons. The summed E-state index contributed by atoms with van der Waals surface area (Å²) in [6.45, 7) is 2.18. The third-order valence-electron chi connectivity index (χ3n) is 12.9. The van der Waals surface area contributed by atoms with Gasteiger partial charge in [-0.1, -0.05) is 168 Å². The highest BCUT2D eigenvalue weighted by atomic mass is 31.2. The van der Waals surface area contributed by atoms with E-state index in [1.54, 1.807) is 0 Å². The number of aliphatic hydroxyl groups is 7. The quantitative estimate of drug-likeness (QED) is 0.0124. The van der Waals surface area contributed by atoms with E-state index < -0.39 is 119 Å². The average Bonchev–Trinajstić information content (AvgIpc) is 3.33. The number of nitrogens with two attached hydrogens (primary N) is 1. The number of rotatable bonds is 41. The number of aliphatic hydroxyl groups excluding tert-OH is 7. The first-order valence-electron chi connectivity index (χ1n) is 26.3. The van der Waals surface area contributed by atoms with E-state index in [1.807, 2.05) is 0 Å². The first-order chi connectivity index (χ1) is 33.6. The van der Waals surface area contributed by atoms with Gasteiger partial charge in [0.25, 0.3) is 0 Å². The SMILES string of the molecule is CCCCCCCCCCCCCCCC(=O)OC[C@H](COP(=O)(O)OO[C@H]1[C@H](O)[C@H](O)[C@@H](O)[C@H](O)[C@H]1O[C@H]1O[C@H](CO)[C@@H](O)[C@H](O)[C@H]1NC(N)=O)OC(=O)CCCCCCCCCCCCCCC. The largest absolute Gasteiger partial charge is 0.499 e. The Hall–Kier alpha value is -2.08. The predicted molar refractivity (Wildman–Crippen MR) is 256 cm³/mol. The molecule has 13 atom stereocenters. The fraction of sp³-hybridized carbons (Fsp3) is 0.938. The number of urea groups is 1. The van der Waals surface area contributed by atoms with E-state index in [9.17, 15) is 59.6 Å². The maximum absolute atomic E-state index is 13.2. The molecule has 0 bridgehead atoms. The third kappa shape index (κ3) is 26.2. The monoisotopic (exact) mass is 1030 g/mol. The molecule has 0 aromatic rings. The lowest BCUT2D eigenvalue weighted by molar-refractivity contribution is -0.366. The van der Waals surface area contributed by atoms with Gasteiger partial charge in [0, 0.05) is 12.8 Å². The topological polar surface area (TPSA) is 333 Å². The second-order valence-electron chi connectivity index (χ2n) is 19.0. The van der Waals surface area contributed by atoms with Crippen LogP contribution in [0.4, 0.5) is 4.79 Å². The van der Waals surface area contributed by atoms with E-state index >= 15 is 0 Å². The van der Waals surface area contributed by atoms with Crippen LogP contribution < -0.4 is 11.1 Å². The van der Waals surface area contributed by atoms with Crippen LogP contribution in [-0.2, 0) is 47.2 Å². The summed E-state index contributed by atoms with van der Waals surface area (Å²) in [5, 5.41) is 75.4. The first-order valence-corrected chi connectivity index (χ1v) is 27.8. The average molecular weight is 1030 g/mol. The van der Waals surface area contributed by atoms with Gasteiger partial charge in [0.05, 0.1) is 13.2 Å². The summed E-state index contributed by atoms with van der Waals surface area (Å²) in [7, 11) is -5.37. The maximum atomic E-state index is 13.2. The van der Waals surface area contributed by atoms with Gasteiger partial charge in [0.1, 0.15) is 61.5 Å². The Balaban J connectivity index is 1.98. The van der Waals surface area contributed by atoms with Crippen LogP contribution in [0.3, 0.4) is 0 Å². The Labute approximate surface area is 415 Å². The van der Waals surface area contributed by atoms with Crippen LogP contribution >= 0.6 is 7.82 Å². The number of phosphoric ester groups is 1. The molecule has 2 rings (SSSR count). The fourth-order valence-electron chi connectivity index (χ4n) is 8.62. The van der Waals surface area contributed by atoms with Crippen LogP contribution in [-0.4, -0.2) is 152 Å². The van der Waals surface area contributed by atoms with Gasteiger partial charge in [-0.25, -0.2) is 14.2 Å². The normalized spacial score (nSPS) is 27.1. The van der Waals surface area contributed by atoms with E-state index in [0.717, 1.165) is 51.4 Å². The highest BCUT2D eigenvalue weighted by molar-refractivity contribution is 7.47. The molecule has 1 saturated carbocycles. The highest BCUT2D eigenvalue weighted by Crippen LogP contribution is 2.45. The maximum Gasteiger partial charge on any atom is 0.499 e. The number of carbonyl (C=O) groups excluding carboxylic acids is 3. The molecule has 1 aliphatic carbocycles. The number of carbonyl (C=O) groups is 3. The smallest absolute Gasteiger partial charge is 0.462 e. The number of ether oxygens (including phenoxy) is 4. The van der Waals surface area contributed by atoms with Crippen molar-refractivity contribution < 1.29 is 92.6 Å². The van der Waals surface area contributed by atoms with Crippen LogP contribution in [0.2, 0.25) is 0 Å². The molecule has 2 fully saturated rings. The lowest BCUT2D eigenvalue weighted by atomic mass is 9.84. The zero-order valence-corrected chi connectivity index (χ0v) is 42.8. The molecule has 2 amide bonds. The van der Waals surface area contributed by atoms with E-state index in [-0.39, 0.29) is 12.8 Å². The van der Waals surface area contributed by atoms with Crippen molar-refractivity contribution >= 4 is 25.8 Å². The van der Waals surface area contributed by atoms with Gasteiger partial charge in [-0.3, -0.25) is 14.1 Å². The standard InChI is InChI=1S/C48H91N2O19P/c1-3-5-7-9-11-13-15-17-19-21-23-25-27-29-36(52)63-32-34(65-37(53)30-28-26-24-22-20-18-16-14-12-10-8-6-4-2)33-64-70(61,62)69-68-46-44(59)42(57)41(56)43(58)45(46)67-47-38(50-48(49)60)40(55)39(54)35(31-51)66-47/h34-35,38-47,51,54-59H,3-33H2,1-2H3,(H,61,62)(H3,49,50,60)/t34-,35-,38-,39-,40-,41-,42-,43+,44-,45-,46+,47-/m1/s1. The molecule has 70 heavy (non-hydrogen) atoms. The van der Waals surface area contributed by atoms with Gasteiger partial charge < -0.3 is 70.6 Å². The van der Waals surface area contributed by atoms with Gasteiger partial charge in [-0.15, -0.1) is 4.67 Å². The van der Waals surface area contributed by atoms with Crippen molar-refractivity contribution in [2.45, 2.75) is 267 Å². The zero-order valence-electron chi connectivity index (χ0n) is 41.9. The van der Waals surface area contributed by atoms with Crippen LogP contribution in [0.15, 0.2) is 0 Å². The van der Waals surface area contributed by atoms with E-state index in [2.05, 4.69) is 23.8 Å². The third-order valence-corrected chi connectivity index (χ3v) is 13.6. The molecule has 1 saturated heterocycles. The second-order valence-corrected chi connectivity index (χ2v) is 20.3. The molecule has 21 nitrogen and oxygen atoms in total. The van der Waals surface area contributed by atoms with Crippen molar-refractivity contribution in [1.82, 2.24) is 5.32 Å². The van der Waals surface area contributed by atoms with Crippen molar-refractivity contribution in [1.29, 1.82) is 0 Å². The molecule has 1 heterocycles. The van der Waals surface area contributed by atoms with Crippen molar-refractivity contribution in [2.75, 3.05) is 19.8 Å². The number of nitrogens with one attached hydrogen (secondary N) is 1. The minimum absolute atomic E-state index is 0.0323. The summed E-state index contributed by atoms with van der Waals surface area (Å²) in [6.07, 6.45) is 8.04. The Morgan fingerprint density at radius 3 is 1.46 bits per heavy atom. The summed E-state index contributed by atoms with van der Waals surface area (Å²) in [6, 6.07) is -2.91. The number of hydrogen-bond donors (Lipinski definition) is 10. The Morgan fingerprint density at radius 1 is 0.586 bits per heavy atom. The molecule has 2 aliphatic rings. The van der Waals surface area contributed by atoms with Crippen LogP contribution in [0, 0.1) is 0 Å². The minimum atomic E-state index is -5.37. The lowest BCUT2D eigenvalue weighted by Crippen LogP contribution is -2.69. The highest BCUT2D eigenvalue weighted by Gasteiger charge is 2.55. The lowest BCUT2D eigenvalue weighted by Gasteiger charge is -2.47. The molecular formula is C48H91N2O19P. The molecule has 0 aromatic carbocycles. The van der Waals surface area contributed by atoms with Crippen LogP contribution in [0.1, 0.15) is 194 Å². The van der Waals surface area contributed by atoms with Gasteiger partial charge in [-0.2, -0.15) is 0 Å². The molecule has 0 radical (unpaired) electrons. The summed E-state index contributed by atoms with van der Waals surface area (Å²) >= 11 is 0.